The molecule has 0 unspecified atom stereocenters. The van der Waals surface area contributed by atoms with Crippen LogP contribution in [0.2, 0.25) is 0 Å². The highest BCUT2D eigenvalue weighted by molar-refractivity contribution is 5.85. The molecule has 0 atom stereocenters. The summed E-state index contributed by atoms with van der Waals surface area (Å²) >= 11 is 0. The van der Waals surface area contributed by atoms with Crippen molar-refractivity contribution in [2.24, 2.45) is 4.99 Å². The molecule has 2 aromatic carbocycles. The first-order chi connectivity index (χ1) is 14.2. The van der Waals surface area contributed by atoms with Crippen LogP contribution in [-0.2, 0) is 22.5 Å². The lowest BCUT2D eigenvalue weighted by atomic mass is 9.69. The fourth-order valence-corrected chi connectivity index (χ4v) is 4.10. The summed E-state index contributed by atoms with van der Waals surface area (Å²) in [4.78, 5) is 4.89. The third kappa shape index (κ3) is 4.62. The molecule has 1 spiro atoms. The van der Waals surface area contributed by atoms with Crippen molar-refractivity contribution in [2.75, 3.05) is 27.4 Å². The second kappa shape index (κ2) is 8.97. The molecule has 4 rings (SSSR count). The maximum atomic E-state index is 6.09. The van der Waals surface area contributed by atoms with Gasteiger partial charge in [0.25, 0.3) is 0 Å². The largest absolute Gasteiger partial charge is 0.493 e. The zero-order valence-corrected chi connectivity index (χ0v) is 17.2. The highest BCUT2D eigenvalue weighted by Crippen LogP contribution is 2.45. The van der Waals surface area contributed by atoms with Crippen molar-refractivity contribution in [2.45, 2.75) is 43.9 Å². The molecule has 0 radical (unpaired) electrons. The van der Waals surface area contributed by atoms with E-state index < -0.39 is 0 Å². The third-order valence-electron chi connectivity index (χ3n) is 5.72. The van der Waals surface area contributed by atoms with Crippen LogP contribution in [0.1, 0.15) is 36.0 Å². The van der Waals surface area contributed by atoms with Crippen LogP contribution >= 0.6 is 0 Å². The van der Waals surface area contributed by atoms with Crippen LogP contribution < -0.4 is 9.47 Å². The van der Waals surface area contributed by atoms with E-state index in [9.17, 15) is 0 Å². The number of hydrogen-bond donors (Lipinski definition) is 0. The molecular formula is C24H29NO4. The van der Waals surface area contributed by atoms with Gasteiger partial charge < -0.3 is 18.9 Å². The first-order valence-corrected chi connectivity index (χ1v) is 10.2. The number of ether oxygens (including phenoxy) is 4. The molecule has 2 aliphatic rings. The average molecular weight is 395 g/mol. The molecular weight excluding hydrogens is 366 g/mol. The molecule has 1 aliphatic carbocycles. The molecule has 29 heavy (non-hydrogen) atoms. The van der Waals surface area contributed by atoms with Crippen molar-refractivity contribution in [3.63, 3.8) is 0 Å². The van der Waals surface area contributed by atoms with Crippen LogP contribution in [0.25, 0.3) is 0 Å². The predicted octanol–water partition coefficient (Wildman–Crippen LogP) is 4.20. The number of hydrogen-bond acceptors (Lipinski definition) is 5. The number of fused-ring (bicyclic) bond motifs is 1. The Balaban J connectivity index is 1.37. The quantitative estimate of drug-likeness (QED) is 0.597. The van der Waals surface area contributed by atoms with Crippen molar-refractivity contribution in [1.82, 2.24) is 0 Å². The minimum Gasteiger partial charge on any atom is -0.493 e. The smallest absolute Gasteiger partial charge is 0.161 e. The molecule has 0 amide bonds. The highest BCUT2D eigenvalue weighted by Gasteiger charge is 2.46. The van der Waals surface area contributed by atoms with Crippen molar-refractivity contribution in [1.29, 1.82) is 0 Å². The lowest BCUT2D eigenvalue weighted by Gasteiger charge is -2.46. The van der Waals surface area contributed by atoms with Gasteiger partial charge in [-0.15, -0.1) is 0 Å². The van der Waals surface area contributed by atoms with Gasteiger partial charge in [0, 0.05) is 26.4 Å². The maximum absolute atomic E-state index is 6.09. The fourth-order valence-electron chi connectivity index (χ4n) is 4.10. The number of aliphatic imine (C=N–C) groups is 1. The Labute approximate surface area is 172 Å². The summed E-state index contributed by atoms with van der Waals surface area (Å²) < 4.78 is 22.6. The van der Waals surface area contributed by atoms with Gasteiger partial charge in [0.15, 0.2) is 11.5 Å². The van der Waals surface area contributed by atoms with Crippen LogP contribution in [0.5, 0.6) is 11.5 Å². The summed E-state index contributed by atoms with van der Waals surface area (Å²) in [5.41, 5.74) is 3.57. The van der Waals surface area contributed by atoms with Gasteiger partial charge in [0.1, 0.15) is 0 Å². The van der Waals surface area contributed by atoms with E-state index in [0.717, 1.165) is 42.7 Å². The van der Waals surface area contributed by atoms with Crippen molar-refractivity contribution >= 4 is 6.21 Å². The van der Waals surface area contributed by atoms with Gasteiger partial charge in [-0.3, -0.25) is 4.99 Å². The van der Waals surface area contributed by atoms with E-state index in [1.165, 1.54) is 11.1 Å². The summed E-state index contributed by atoms with van der Waals surface area (Å²) in [7, 11) is 3.37. The van der Waals surface area contributed by atoms with Gasteiger partial charge in [-0.2, -0.15) is 0 Å². The zero-order valence-electron chi connectivity index (χ0n) is 17.2. The topological polar surface area (TPSA) is 49.3 Å². The molecule has 5 nitrogen and oxygen atoms in total. The average Bonchev–Trinajstić information content (AvgIpc) is 2.73. The number of rotatable bonds is 9. The highest BCUT2D eigenvalue weighted by atomic mass is 16.5. The molecule has 0 saturated heterocycles. The molecule has 2 aromatic rings. The molecule has 1 fully saturated rings. The first-order valence-electron chi connectivity index (χ1n) is 10.2. The van der Waals surface area contributed by atoms with E-state index in [1.54, 1.807) is 14.2 Å². The molecule has 1 aliphatic heterocycles. The number of benzene rings is 2. The van der Waals surface area contributed by atoms with Gasteiger partial charge in [0.05, 0.1) is 32.0 Å². The first kappa shape index (κ1) is 19.9. The summed E-state index contributed by atoms with van der Waals surface area (Å²) in [6.45, 7) is 1.96. The van der Waals surface area contributed by atoms with E-state index >= 15 is 0 Å². The molecule has 0 bridgehead atoms. The van der Waals surface area contributed by atoms with Crippen molar-refractivity contribution < 1.29 is 18.9 Å². The molecule has 5 heteroatoms. The van der Waals surface area contributed by atoms with Crippen LogP contribution in [0.4, 0.5) is 0 Å². The molecule has 0 N–H and O–H groups in total. The van der Waals surface area contributed by atoms with Crippen molar-refractivity contribution in [3.8, 4) is 11.5 Å². The van der Waals surface area contributed by atoms with E-state index in [1.807, 2.05) is 30.5 Å². The fraction of sp³-hybridized carbons (Fsp3) is 0.458. The minimum absolute atomic E-state index is 0.0315. The Morgan fingerprint density at radius 2 is 1.86 bits per heavy atom. The van der Waals surface area contributed by atoms with Crippen LogP contribution in [0, 0.1) is 0 Å². The third-order valence-corrected chi connectivity index (χ3v) is 5.72. The summed E-state index contributed by atoms with van der Waals surface area (Å²) in [5.74, 6) is 1.55. The van der Waals surface area contributed by atoms with E-state index in [4.69, 9.17) is 23.9 Å². The number of nitrogens with zero attached hydrogens (tertiary/aromatic N) is 1. The molecule has 1 saturated carbocycles. The maximum Gasteiger partial charge on any atom is 0.161 e. The predicted molar refractivity (Wildman–Crippen MR) is 113 cm³/mol. The Morgan fingerprint density at radius 3 is 2.62 bits per heavy atom. The Bertz CT molecular complexity index is 843. The standard InChI is InChI=1S/C24H29NO4/c1-26-9-6-10-28-23-11-19-13-24(25-16-20(19)12-22(23)27-2)14-21(15-24)29-17-18-7-4-3-5-8-18/h3-5,7-8,11-12,16,21H,6,9-10,13-15,17H2,1-2H3. The van der Waals surface area contributed by atoms with Crippen LogP contribution in [-0.4, -0.2) is 45.3 Å². The summed E-state index contributed by atoms with van der Waals surface area (Å²) in [6.07, 6.45) is 5.96. The molecule has 154 valence electrons. The van der Waals surface area contributed by atoms with Crippen LogP contribution in [0.3, 0.4) is 0 Å². The Hall–Kier alpha value is -2.37. The SMILES string of the molecule is COCCCOc1cc2c(cc1OC)C=NC1(C2)CC(OCc2ccccc2)C1. The lowest BCUT2D eigenvalue weighted by molar-refractivity contribution is -0.0508. The van der Waals surface area contributed by atoms with Gasteiger partial charge >= 0.3 is 0 Å². The zero-order chi connectivity index (χ0) is 20.1. The normalized spacial score (nSPS) is 22.2. The van der Waals surface area contributed by atoms with Gasteiger partial charge in [-0.1, -0.05) is 30.3 Å². The van der Waals surface area contributed by atoms with Gasteiger partial charge in [-0.25, -0.2) is 0 Å². The minimum atomic E-state index is -0.0315. The molecule has 0 aromatic heterocycles. The van der Waals surface area contributed by atoms with E-state index in [0.29, 0.717) is 19.8 Å². The van der Waals surface area contributed by atoms with Crippen molar-refractivity contribution in [3.05, 3.63) is 59.2 Å². The molecule has 1 heterocycles. The second-order valence-corrected chi connectivity index (χ2v) is 7.88. The monoisotopic (exact) mass is 395 g/mol. The second-order valence-electron chi connectivity index (χ2n) is 7.88. The summed E-state index contributed by atoms with van der Waals surface area (Å²) in [5, 5.41) is 0. The Morgan fingerprint density at radius 1 is 1.03 bits per heavy atom. The van der Waals surface area contributed by atoms with Gasteiger partial charge in [0.2, 0.25) is 0 Å². The van der Waals surface area contributed by atoms with E-state index in [2.05, 4.69) is 18.2 Å². The van der Waals surface area contributed by atoms with Crippen LogP contribution in [0.15, 0.2) is 47.5 Å². The number of methoxy groups -OCH3 is 2. The summed E-state index contributed by atoms with van der Waals surface area (Å²) in [6, 6.07) is 14.5. The van der Waals surface area contributed by atoms with Gasteiger partial charge in [-0.05, 0) is 48.1 Å². The Kier molecular flexibility index (Phi) is 6.16. The van der Waals surface area contributed by atoms with E-state index in [-0.39, 0.29) is 11.6 Å². The lowest BCUT2D eigenvalue weighted by Crippen LogP contribution is -2.49.